The summed E-state index contributed by atoms with van der Waals surface area (Å²) >= 11 is 0. The maximum Gasteiger partial charge on any atom is 0.224 e. The Morgan fingerprint density at radius 3 is 2.62 bits per heavy atom. The molecule has 2 N–H and O–H groups in total. The van der Waals surface area contributed by atoms with Gasteiger partial charge in [-0.3, -0.25) is 9.59 Å². The van der Waals surface area contributed by atoms with Crippen LogP contribution in [-0.4, -0.2) is 18.4 Å². The Bertz CT molecular complexity index is 642. The van der Waals surface area contributed by atoms with Gasteiger partial charge in [-0.25, -0.2) is 8.78 Å². The Morgan fingerprint density at radius 1 is 1.21 bits per heavy atom. The zero-order valence-corrected chi connectivity index (χ0v) is 13.5. The number of amides is 2. The molecule has 0 unspecified atom stereocenters. The van der Waals surface area contributed by atoms with Gasteiger partial charge < -0.3 is 10.6 Å². The van der Waals surface area contributed by atoms with E-state index in [9.17, 15) is 18.4 Å². The first kappa shape index (κ1) is 16.9. The lowest BCUT2D eigenvalue weighted by molar-refractivity contribution is -0.134. The van der Waals surface area contributed by atoms with Crippen LogP contribution in [0.2, 0.25) is 0 Å². The molecule has 2 aliphatic rings. The van der Waals surface area contributed by atoms with Crippen LogP contribution in [0.15, 0.2) is 18.2 Å². The van der Waals surface area contributed by atoms with E-state index >= 15 is 0 Å². The summed E-state index contributed by atoms with van der Waals surface area (Å²) in [7, 11) is 0. The second kappa shape index (κ2) is 6.87. The number of benzene rings is 1. The molecule has 1 heterocycles. The van der Waals surface area contributed by atoms with Crippen LogP contribution in [0.5, 0.6) is 0 Å². The van der Waals surface area contributed by atoms with Crippen molar-refractivity contribution in [3.63, 3.8) is 0 Å². The van der Waals surface area contributed by atoms with E-state index in [0.717, 1.165) is 25.3 Å². The molecule has 4 nitrogen and oxygen atoms in total. The number of carbonyl (C=O) groups is 2. The summed E-state index contributed by atoms with van der Waals surface area (Å²) in [5.74, 6) is -1.99. The monoisotopic (exact) mass is 336 g/mol. The second-order valence-electron chi connectivity index (χ2n) is 6.80. The second-order valence-corrected chi connectivity index (χ2v) is 6.80. The molecule has 1 saturated heterocycles. The molecule has 6 heteroatoms. The molecule has 1 aliphatic heterocycles. The summed E-state index contributed by atoms with van der Waals surface area (Å²) in [5, 5.41) is 5.72. The van der Waals surface area contributed by atoms with Gasteiger partial charge in [-0.2, -0.15) is 0 Å². The fourth-order valence-corrected chi connectivity index (χ4v) is 3.84. The van der Waals surface area contributed by atoms with Crippen molar-refractivity contribution in [2.24, 2.45) is 5.92 Å². The predicted octanol–water partition coefficient (Wildman–Crippen LogP) is 2.77. The van der Waals surface area contributed by atoms with E-state index in [2.05, 4.69) is 10.6 Å². The minimum absolute atomic E-state index is 0.132. The van der Waals surface area contributed by atoms with E-state index in [1.165, 1.54) is 12.1 Å². The van der Waals surface area contributed by atoms with Crippen LogP contribution in [-0.2, 0) is 15.1 Å². The molecule has 2 fully saturated rings. The normalized spacial score (nSPS) is 23.4. The zero-order valence-electron chi connectivity index (χ0n) is 13.5. The number of nitrogens with one attached hydrogen (secondary N) is 2. The maximum absolute atomic E-state index is 14.4. The van der Waals surface area contributed by atoms with Gasteiger partial charge in [0.1, 0.15) is 11.6 Å². The lowest BCUT2D eigenvalue weighted by atomic mass is 9.75. The number of hydrogen-bond donors (Lipinski definition) is 2. The van der Waals surface area contributed by atoms with Crippen molar-refractivity contribution >= 4 is 11.8 Å². The molecule has 0 radical (unpaired) electrons. The quantitative estimate of drug-likeness (QED) is 0.892. The van der Waals surface area contributed by atoms with E-state index in [4.69, 9.17) is 0 Å². The van der Waals surface area contributed by atoms with Crippen molar-refractivity contribution in [1.82, 2.24) is 10.6 Å². The Kier molecular flexibility index (Phi) is 4.83. The Balaban J connectivity index is 1.86. The van der Waals surface area contributed by atoms with Crippen molar-refractivity contribution in [3.8, 4) is 0 Å². The molecule has 1 aromatic carbocycles. The Morgan fingerprint density at radius 2 is 1.96 bits per heavy atom. The van der Waals surface area contributed by atoms with Gasteiger partial charge in [-0.1, -0.05) is 25.3 Å². The van der Waals surface area contributed by atoms with Crippen LogP contribution >= 0.6 is 0 Å². The molecular weight excluding hydrogens is 314 g/mol. The summed E-state index contributed by atoms with van der Waals surface area (Å²) in [6, 6.07) is 3.53. The first-order valence-electron chi connectivity index (χ1n) is 8.54. The van der Waals surface area contributed by atoms with E-state index < -0.39 is 17.2 Å². The van der Waals surface area contributed by atoms with Crippen LogP contribution < -0.4 is 10.6 Å². The fraction of sp³-hybridized carbons (Fsp3) is 0.556. The summed E-state index contributed by atoms with van der Waals surface area (Å²) in [6.07, 6.45) is 4.78. The van der Waals surface area contributed by atoms with Crippen LogP contribution in [0.3, 0.4) is 0 Å². The van der Waals surface area contributed by atoms with Gasteiger partial charge in [-0.15, -0.1) is 0 Å². The minimum atomic E-state index is -0.805. The largest absolute Gasteiger partial charge is 0.356 e. The van der Waals surface area contributed by atoms with Crippen LogP contribution in [0.1, 0.15) is 50.5 Å². The lowest BCUT2D eigenvalue weighted by Gasteiger charge is -2.40. The van der Waals surface area contributed by atoms with Crippen molar-refractivity contribution in [1.29, 1.82) is 0 Å². The third-order valence-corrected chi connectivity index (χ3v) is 5.13. The van der Waals surface area contributed by atoms with Gasteiger partial charge >= 0.3 is 0 Å². The Hall–Kier alpha value is -1.98. The molecule has 1 aliphatic carbocycles. The van der Waals surface area contributed by atoms with E-state index in [-0.39, 0.29) is 24.2 Å². The molecule has 0 spiro atoms. The van der Waals surface area contributed by atoms with Crippen molar-refractivity contribution in [3.05, 3.63) is 35.4 Å². The highest BCUT2D eigenvalue weighted by Gasteiger charge is 2.39. The summed E-state index contributed by atoms with van der Waals surface area (Å²) in [5.41, 5.74) is -0.460. The van der Waals surface area contributed by atoms with Gasteiger partial charge in [0.15, 0.2) is 0 Å². The highest BCUT2D eigenvalue weighted by atomic mass is 19.1. The third kappa shape index (κ3) is 3.42. The molecule has 1 atom stereocenters. The van der Waals surface area contributed by atoms with Gasteiger partial charge in [0.25, 0.3) is 0 Å². The average Bonchev–Trinajstić information content (AvgIpc) is 2.55. The molecular formula is C18H22F2N2O2. The van der Waals surface area contributed by atoms with Crippen molar-refractivity contribution in [2.75, 3.05) is 6.54 Å². The number of piperidine rings is 1. The fourth-order valence-electron chi connectivity index (χ4n) is 3.84. The Labute approximate surface area is 140 Å². The molecule has 0 bridgehead atoms. The first-order valence-corrected chi connectivity index (χ1v) is 8.54. The smallest absolute Gasteiger partial charge is 0.224 e. The van der Waals surface area contributed by atoms with Gasteiger partial charge in [-0.05, 0) is 25.3 Å². The van der Waals surface area contributed by atoms with Crippen LogP contribution in [0, 0.1) is 17.6 Å². The average molecular weight is 336 g/mol. The maximum atomic E-state index is 14.4. The molecule has 1 saturated carbocycles. The first-order chi connectivity index (χ1) is 11.5. The van der Waals surface area contributed by atoms with Crippen molar-refractivity contribution < 1.29 is 18.4 Å². The van der Waals surface area contributed by atoms with E-state index in [1.807, 2.05) is 0 Å². The molecule has 24 heavy (non-hydrogen) atoms. The van der Waals surface area contributed by atoms with Crippen LogP contribution in [0.25, 0.3) is 0 Å². The number of rotatable bonds is 3. The zero-order chi connectivity index (χ0) is 17.2. The summed E-state index contributed by atoms with van der Waals surface area (Å²) < 4.78 is 27.6. The molecule has 1 aromatic rings. The highest BCUT2D eigenvalue weighted by molar-refractivity contribution is 5.87. The van der Waals surface area contributed by atoms with Gasteiger partial charge in [0.05, 0.1) is 5.54 Å². The third-order valence-electron chi connectivity index (χ3n) is 5.13. The van der Waals surface area contributed by atoms with E-state index in [0.29, 0.717) is 31.4 Å². The lowest BCUT2D eigenvalue weighted by Crippen LogP contribution is -2.51. The number of halogens is 2. The van der Waals surface area contributed by atoms with Crippen LogP contribution in [0.4, 0.5) is 8.78 Å². The molecule has 130 valence electrons. The minimum Gasteiger partial charge on any atom is -0.356 e. The summed E-state index contributed by atoms with van der Waals surface area (Å²) in [4.78, 5) is 24.2. The number of hydrogen-bond acceptors (Lipinski definition) is 2. The number of carbonyl (C=O) groups excluding carboxylic acids is 2. The van der Waals surface area contributed by atoms with Crippen molar-refractivity contribution in [2.45, 2.75) is 50.5 Å². The highest BCUT2D eigenvalue weighted by Crippen LogP contribution is 2.39. The molecule has 3 rings (SSSR count). The topological polar surface area (TPSA) is 58.2 Å². The molecule has 0 aromatic heterocycles. The van der Waals surface area contributed by atoms with E-state index in [1.54, 1.807) is 0 Å². The standard InChI is InChI=1S/C18H22F2N2O2/c19-13-4-5-14(15(20)11-13)18(7-2-1-3-8-18)22-17(24)12-6-9-21-16(23)10-12/h4-5,11-12H,1-3,6-10H2,(H,21,23)(H,22,24)/t12-/m0/s1. The summed E-state index contributed by atoms with van der Waals surface area (Å²) in [6.45, 7) is 0.481. The van der Waals surface area contributed by atoms with Gasteiger partial charge in [0.2, 0.25) is 11.8 Å². The predicted molar refractivity (Wildman–Crippen MR) is 85.0 cm³/mol. The molecule has 2 amide bonds. The SMILES string of the molecule is O=C1C[C@@H](C(=O)NC2(c3ccc(F)cc3F)CCCCC2)CCN1. The van der Waals surface area contributed by atoms with Gasteiger partial charge in [0, 0.05) is 30.5 Å².